The second kappa shape index (κ2) is 7.94. The van der Waals surface area contributed by atoms with Gasteiger partial charge >= 0.3 is 0 Å². The largest absolute Gasteiger partial charge is 0.339 e. The third kappa shape index (κ3) is 4.90. The van der Waals surface area contributed by atoms with Crippen LogP contribution in [-0.2, 0) is 11.3 Å². The van der Waals surface area contributed by atoms with Crippen LogP contribution in [0.2, 0.25) is 4.34 Å². The van der Waals surface area contributed by atoms with Crippen molar-refractivity contribution < 1.29 is 4.79 Å². The lowest BCUT2D eigenvalue weighted by atomic mass is 10.3. The van der Waals surface area contributed by atoms with Crippen LogP contribution in [0.1, 0.15) is 9.88 Å². The summed E-state index contributed by atoms with van der Waals surface area (Å²) in [6, 6.07) is 4.01. The molecular formula is C14H17ClN4OS3. The summed E-state index contributed by atoms with van der Waals surface area (Å²) in [6.45, 7) is 6.22. The molecule has 124 valence electrons. The summed E-state index contributed by atoms with van der Waals surface area (Å²) in [6.07, 6.45) is 0. The number of hydrogen-bond donors (Lipinski definition) is 0. The van der Waals surface area contributed by atoms with Crippen LogP contribution in [0.25, 0.3) is 0 Å². The molecule has 1 amide bonds. The average Bonchev–Trinajstić information content (AvgIpc) is 3.14. The van der Waals surface area contributed by atoms with Gasteiger partial charge < -0.3 is 4.90 Å². The zero-order valence-corrected chi connectivity index (χ0v) is 15.9. The molecule has 1 fully saturated rings. The van der Waals surface area contributed by atoms with Crippen molar-refractivity contribution in [3.63, 3.8) is 0 Å². The maximum Gasteiger partial charge on any atom is 0.233 e. The molecular weight excluding hydrogens is 372 g/mol. The van der Waals surface area contributed by atoms with E-state index in [1.165, 1.54) is 28.0 Å². The van der Waals surface area contributed by atoms with Gasteiger partial charge in [-0.25, -0.2) is 0 Å². The number of thiophene rings is 1. The Kier molecular flexibility index (Phi) is 5.92. The fraction of sp³-hybridized carbons (Fsp3) is 0.500. The highest BCUT2D eigenvalue weighted by atomic mass is 35.5. The van der Waals surface area contributed by atoms with E-state index >= 15 is 0 Å². The minimum Gasteiger partial charge on any atom is -0.339 e. The molecule has 0 unspecified atom stereocenters. The van der Waals surface area contributed by atoms with Gasteiger partial charge in [-0.3, -0.25) is 9.69 Å². The molecule has 1 aliphatic rings. The smallest absolute Gasteiger partial charge is 0.233 e. The normalized spacial score (nSPS) is 16.0. The molecule has 3 heterocycles. The third-order valence-corrected chi connectivity index (χ3v) is 6.73. The summed E-state index contributed by atoms with van der Waals surface area (Å²) >= 11 is 10.6. The maximum absolute atomic E-state index is 12.3. The summed E-state index contributed by atoms with van der Waals surface area (Å²) in [5, 5.41) is 8.94. The highest BCUT2D eigenvalue weighted by molar-refractivity contribution is 8.01. The van der Waals surface area contributed by atoms with E-state index in [0.29, 0.717) is 5.75 Å². The van der Waals surface area contributed by atoms with Crippen molar-refractivity contribution >= 4 is 51.9 Å². The SMILES string of the molecule is Cc1nnc(SCC(=O)N2CCN(Cc3ccc(Cl)s3)CC2)s1. The molecule has 0 aromatic carbocycles. The Morgan fingerprint density at radius 1 is 1.26 bits per heavy atom. The van der Waals surface area contributed by atoms with Crippen molar-refractivity contribution in [3.05, 3.63) is 26.4 Å². The fourth-order valence-electron chi connectivity index (χ4n) is 2.36. The number of rotatable bonds is 5. The first kappa shape index (κ1) is 17.2. The predicted octanol–water partition coefficient (Wildman–Crippen LogP) is 3.00. The number of hydrogen-bond acceptors (Lipinski definition) is 7. The standard InChI is InChI=1S/C14H17ClN4OS3/c1-10-16-17-14(22-10)21-9-13(20)19-6-4-18(5-7-19)8-11-2-3-12(15)23-11/h2-3H,4-9H2,1H3. The first-order chi connectivity index (χ1) is 11.1. The number of nitrogens with zero attached hydrogens (tertiary/aromatic N) is 4. The molecule has 9 heteroatoms. The van der Waals surface area contributed by atoms with Crippen molar-refractivity contribution in [2.24, 2.45) is 0 Å². The Bertz CT molecular complexity index is 667. The number of aromatic nitrogens is 2. The second-order valence-electron chi connectivity index (χ2n) is 5.24. The lowest BCUT2D eigenvalue weighted by Crippen LogP contribution is -2.48. The predicted molar refractivity (Wildman–Crippen MR) is 96.6 cm³/mol. The summed E-state index contributed by atoms with van der Waals surface area (Å²) in [7, 11) is 0. The van der Waals surface area contributed by atoms with Crippen LogP contribution in [-0.4, -0.2) is 57.8 Å². The lowest BCUT2D eigenvalue weighted by molar-refractivity contribution is -0.130. The summed E-state index contributed by atoms with van der Waals surface area (Å²) in [5.41, 5.74) is 0. The summed E-state index contributed by atoms with van der Waals surface area (Å²) in [4.78, 5) is 17.9. The van der Waals surface area contributed by atoms with E-state index in [1.54, 1.807) is 11.3 Å². The topological polar surface area (TPSA) is 49.3 Å². The first-order valence-electron chi connectivity index (χ1n) is 7.27. The van der Waals surface area contributed by atoms with Crippen LogP contribution < -0.4 is 0 Å². The number of carbonyl (C=O) groups excluding carboxylic acids is 1. The number of aryl methyl sites for hydroxylation is 1. The molecule has 5 nitrogen and oxygen atoms in total. The summed E-state index contributed by atoms with van der Waals surface area (Å²) < 4.78 is 1.70. The number of thioether (sulfide) groups is 1. The Morgan fingerprint density at radius 2 is 2.04 bits per heavy atom. The zero-order valence-electron chi connectivity index (χ0n) is 12.7. The van der Waals surface area contributed by atoms with Crippen LogP contribution in [0.4, 0.5) is 0 Å². The van der Waals surface area contributed by atoms with Crippen molar-refractivity contribution in [2.45, 2.75) is 17.8 Å². The van der Waals surface area contributed by atoms with E-state index in [4.69, 9.17) is 11.6 Å². The number of piperazine rings is 1. The highest BCUT2D eigenvalue weighted by Gasteiger charge is 2.21. The van der Waals surface area contributed by atoms with Gasteiger partial charge in [0.2, 0.25) is 5.91 Å². The van der Waals surface area contributed by atoms with Crippen LogP contribution in [0.5, 0.6) is 0 Å². The van der Waals surface area contributed by atoms with Gasteiger partial charge in [0.25, 0.3) is 0 Å². The number of amides is 1. The Balaban J connectivity index is 1.42. The van der Waals surface area contributed by atoms with Gasteiger partial charge in [-0.1, -0.05) is 34.7 Å². The molecule has 0 N–H and O–H groups in total. The zero-order chi connectivity index (χ0) is 16.2. The van der Waals surface area contributed by atoms with E-state index in [1.807, 2.05) is 17.9 Å². The van der Waals surface area contributed by atoms with E-state index in [-0.39, 0.29) is 5.91 Å². The Hall–Kier alpha value is -0.670. The molecule has 0 radical (unpaired) electrons. The molecule has 0 saturated carbocycles. The number of carbonyl (C=O) groups is 1. The summed E-state index contributed by atoms with van der Waals surface area (Å²) in [5.74, 6) is 0.622. The van der Waals surface area contributed by atoms with Crippen molar-refractivity contribution in [3.8, 4) is 0 Å². The molecule has 0 bridgehead atoms. The molecule has 23 heavy (non-hydrogen) atoms. The van der Waals surface area contributed by atoms with E-state index in [2.05, 4.69) is 21.2 Å². The highest BCUT2D eigenvalue weighted by Crippen LogP contribution is 2.24. The molecule has 1 saturated heterocycles. The van der Waals surface area contributed by atoms with Crippen LogP contribution in [0.15, 0.2) is 16.5 Å². The lowest BCUT2D eigenvalue weighted by Gasteiger charge is -2.34. The minimum absolute atomic E-state index is 0.182. The Labute approximate surface area is 152 Å². The van der Waals surface area contributed by atoms with Gasteiger partial charge in [0.1, 0.15) is 5.01 Å². The van der Waals surface area contributed by atoms with Crippen LogP contribution in [0.3, 0.4) is 0 Å². The van der Waals surface area contributed by atoms with Crippen LogP contribution >= 0.6 is 46.0 Å². The maximum atomic E-state index is 12.3. The van der Waals surface area contributed by atoms with E-state index in [9.17, 15) is 4.79 Å². The molecule has 2 aromatic rings. The fourth-order valence-corrected chi connectivity index (χ4v) is 5.21. The van der Waals surface area contributed by atoms with Gasteiger partial charge in [-0.2, -0.15) is 0 Å². The molecule has 1 aliphatic heterocycles. The minimum atomic E-state index is 0.182. The van der Waals surface area contributed by atoms with Crippen molar-refractivity contribution in [1.29, 1.82) is 0 Å². The molecule has 0 aliphatic carbocycles. The Morgan fingerprint density at radius 3 is 2.65 bits per heavy atom. The van der Waals surface area contributed by atoms with Gasteiger partial charge in [-0.15, -0.1) is 21.5 Å². The first-order valence-corrected chi connectivity index (χ1v) is 10.3. The van der Waals surface area contributed by atoms with Crippen LogP contribution in [0, 0.1) is 6.92 Å². The van der Waals surface area contributed by atoms with Gasteiger partial charge in [-0.05, 0) is 19.1 Å². The molecule has 2 aromatic heterocycles. The van der Waals surface area contributed by atoms with E-state index in [0.717, 1.165) is 46.4 Å². The van der Waals surface area contributed by atoms with Gasteiger partial charge in [0, 0.05) is 37.6 Å². The molecule has 0 atom stereocenters. The van der Waals surface area contributed by atoms with Gasteiger partial charge in [0.15, 0.2) is 4.34 Å². The quantitative estimate of drug-likeness (QED) is 0.737. The van der Waals surface area contributed by atoms with Gasteiger partial charge in [0.05, 0.1) is 10.1 Å². The molecule has 0 spiro atoms. The molecule has 3 rings (SSSR count). The second-order valence-corrected chi connectivity index (χ2v) is 9.44. The van der Waals surface area contributed by atoms with Crippen molar-refractivity contribution in [2.75, 3.05) is 31.9 Å². The monoisotopic (exact) mass is 388 g/mol. The number of halogens is 1. The third-order valence-electron chi connectivity index (χ3n) is 3.56. The average molecular weight is 389 g/mol. The van der Waals surface area contributed by atoms with Crippen molar-refractivity contribution in [1.82, 2.24) is 20.0 Å². The van der Waals surface area contributed by atoms with E-state index < -0.39 is 0 Å².